The molecule has 2 amide bonds. The maximum atomic E-state index is 13.1. The quantitative estimate of drug-likeness (QED) is 0.550. The van der Waals surface area contributed by atoms with E-state index in [1.807, 2.05) is 38.1 Å². The van der Waals surface area contributed by atoms with Gasteiger partial charge in [-0.2, -0.15) is 0 Å². The third kappa shape index (κ3) is 7.33. The normalized spacial score (nSPS) is 12.6. The molecule has 0 aliphatic heterocycles. The summed E-state index contributed by atoms with van der Waals surface area (Å²) < 4.78 is 10.9. The number of halogens is 2. The van der Waals surface area contributed by atoms with E-state index in [9.17, 15) is 9.59 Å². The van der Waals surface area contributed by atoms with Gasteiger partial charge in [-0.3, -0.25) is 9.59 Å². The van der Waals surface area contributed by atoms with Gasteiger partial charge in [-0.15, -0.1) is 0 Å². The SMILES string of the molecule is CCC(C)NC(=O)C(C)N(Cc1cccc(OC)c1)C(=O)COc1ccc(Cl)cc1Cl. The van der Waals surface area contributed by atoms with Gasteiger partial charge >= 0.3 is 0 Å². The molecule has 31 heavy (non-hydrogen) atoms. The molecule has 0 aliphatic carbocycles. The van der Waals surface area contributed by atoms with Crippen molar-refractivity contribution >= 4 is 35.0 Å². The number of ether oxygens (including phenoxy) is 2. The fourth-order valence-electron chi connectivity index (χ4n) is 2.83. The van der Waals surface area contributed by atoms with Gasteiger partial charge < -0.3 is 19.7 Å². The predicted molar refractivity (Wildman–Crippen MR) is 123 cm³/mol. The van der Waals surface area contributed by atoms with Crippen LogP contribution in [0.2, 0.25) is 10.0 Å². The van der Waals surface area contributed by atoms with Crippen molar-refractivity contribution in [3.05, 3.63) is 58.1 Å². The number of rotatable bonds is 10. The van der Waals surface area contributed by atoms with E-state index in [0.717, 1.165) is 12.0 Å². The topological polar surface area (TPSA) is 67.9 Å². The maximum Gasteiger partial charge on any atom is 0.261 e. The Morgan fingerprint density at radius 2 is 1.87 bits per heavy atom. The molecule has 168 valence electrons. The number of carbonyl (C=O) groups is 2. The Balaban J connectivity index is 2.20. The van der Waals surface area contributed by atoms with Crippen molar-refractivity contribution in [3.63, 3.8) is 0 Å². The average Bonchev–Trinajstić information content (AvgIpc) is 2.76. The summed E-state index contributed by atoms with van der Waals surface area (Å²) in [5.74, 6) is 0.444. The summed E-state index contributed by atoms with van der Waals surface area (Å²) in [4.78, 5) is 27.3. The molecular weight excluding hydrogens is 439 g/mol. The predicted octanol–water partition coefficient (Wildman–Crippen LogP) is 4.71. The molecule has 0 fully saturated rings. The first-order valence-electron chi connectivity index (χ1n) is 10.1. The molecule has 0 radical (unpaired) electrons. The second-order valence-electron chi connectivity index (χ2n) is 7.23. The second-order valence-corrected chi connectivity index (χ2v) is 8.07. The molecule has 6 nitrogen and oxygen atoms in total. The summed E-state index contributed by atoms with van der Waals surface area (Å²) in [5.41, 5.74) is 0.834. The number of hydrogen-bond donors (Lipinski definition) is 1. The molecule has 2 rings (SSSR count). The van der Waals surface area contributed by atoms with Crippen LogP contribution in [0.3, 0.4) is 0 Å². The van der Waals surface area contributed by atoms with Crippen LogP contribution in [-0.4, -0.2) is 42.5 Å². The first-order chi connectivity index (χ1) is 14.7. The minimum absolute atomic E-state index is 0.00726. The molecule has 0 spiro atoms. The Bertz CT molecular complexity index is 907. The Hall–Kier alpha value is -2.44. The smallest absolute Gasteiger partial charge is 0.261 e. The summed E-state index contributed by atoms with van der Waals surface area (Å²) >= 11 is 12.0. The minimum Gasteiger partial charge on any atom is -0.497 e. The summed E-state index contributed by atoms with van der Waals surface area (Å²) in [7, 11) is 1.58. The van der Waals surface area contributed by atoms with Gasteiger partial charge in [-0.25, -0.2) is 0 Å². The van der Waals surface area contributed by atoms with E-state index in [0.29, 0.717) is 21.5 Å². The zero-order valence-electron chi connectivity index (χ0n) is 18.2. The Morgan fingerprint density at radius 3 is 2.52 bits per heavy atom. The largest absolute Gasteiger partial charge is 0.497 e. The number of carbonyl (C=O) groups excluding carboxylic acids is 2. The first-order valence-corrected chi connectivity index (χ1v) is 10.8. The van der Waals surface area contributed by atoms with Crippen LogP contribution in [0.1, 0.15) is 32.8 Å². The summed E-state index contributed by atoms with van der Waals surface area (Å²) in [6.07, 6.45) is 0.792. The Kier molecular flexibility index (Phi) is 9.46. The summed E-state index contributed by atoms with van der Waals surface area (Å²) in [6, 6.07) is 11.4. The summed E-state index contributed by atoms with van der Waals surface area (Å²) in [6.45, 7) is 5.56. The van der Waals surface area contributed by atoms with E-state index in [1.54, 1.807) is 32.2 Å². The van der Waals surface area contributed by atoms with Gasteiger partial charge in [0.25, 0.3) is 5.91 Å². The van der Waals surface area contributed by atoms with Crippen LogP contribution in [0, 0.1) is 0 Å². The molecule has 1 N–H and O–H groups in total. The molecular formula is C23H28Cl2N2O4. The highest BCUT2D eigenvalue weighted by Gasteiger charge is 2.27. The van der Waals surface area contributed by atoms with Crippen molar-refractivity contribution in [1.29, 1.82) is 0 Å². The van der Waals surface area contributed by atoms with Crippen LogP contribution in [0.15, 0.2) is 42.5 Å². The fourth-order valence-corrected chi connectivity index (χ4v) is 3.29. The highest BCUT2D eigenvalue weighted by molar-refractivity contribution is 6.35. The van der Waals surface area contributed by atoms with E-state index in [4.69, 9.17) is 32.7 Å². The van der Waals surface area contributed by atoms with Gasteiger partial charge in [0.05, 0.1) is 12.1 Å². The lowest BCUT2D eigenvalue weighted by Gasteiger charge is -2.29. The minimum atomic E-state index is -0.697. The fraction of sp³-hybridized carbons (Fsp3) is 0.391. The van der Waals surface area contributed by atoms with Crippen molar-refractivity contribution in [1.82, 2.24) is 10.2 Å². The molecule has 2 atom stereocenters. The van der Waals surface area contributed by atoms with Gasteiger partial charge in [-0.05, 0) is 56.2 Å². The molecule has 0 aliphatic rings. The molecule has 2 unspecified atom stereocenters. The third-order valence-electron chi connectivity index (χ3n) is 4.90. The van der Waals surface area contributed by atoms with Crippen molar-refractivity contribution in [2.75, 3.05) is 13.7 Å². The van der Waals surface area contributed by atoms with Gasteiger partial charge in [0.15, 0.2) is 6.61 Å². The van der Waals surface area contributed by atoms with Crippen molar-refractivity contribution in [2.45, 2.75) is 45.8 Å². The lowest BCUT2D eigenvalue weighted by atomic mass is 10.1. The van der Waals surface area contributed by atoms with Gasteiger partial charge in [0, 0.05) is 17.6 Å². The molecule has 2 aromatic rings. The lowest BCUT2D eigenvalue weighted by molar-refractivity contribution is -0.142. The van der Waals surface area contributed by atoms with Crippen LogP contribution in [0.5, 0.6) is 11.5 Å². The Labute approximate surface area is 193 Å². The molecule has 8 heteroatoms. The third-order valence-corrected chi connectivity index (χ3v) is 5.43. The van der Waals surface area contributed by atoms with E-state index >= 15 is 0 Å². The zero-order chi connectivity index (χ0) is 23.0. The molecule has 0 saturated carbocycles. The molecule has 0 saturated heterocycles. The first kappa shape index (κ1) is 24.8. The maximum absolute atomic E-state index is 13.1. The van der Waals surface area contributed by atoms with E-state index in [2.05, 4.69) is 5.32 Å². The summed E-state index contributed by atoms with van der Waals surface area (Å²) in [5, 5.41) is 3.71. The standard InChI is InChI=1S/C23H28Cl2N2O4/c1-5-15(2)26-23(29)16(3)27(13-17-7-6-8-19(11-17)30-4)22(28)14-31-21-10-9-18(24)12-20(21)25/h6-12,15-16H,5,13-14H2,1-4H3,(H,26,29). The monoisotopic (exact) mass is 466 g/mol. The average molecular weight is 467 g/mol. The number of amides is 2. The number of benzene rings is 2. The zero-order valence-corrected chi connectivity index (χ0v) is 19.7. The van der Waals surface area contributed by atoms with Crippen LogP contribution >= 0.6 is 23.2 Å². The second kappa shape index (κ2) is 11.8. The highest BCUT2D eigenvalue weighted by Crippen LogP contribution is 2.27. The number of methoxy groups -OCH3 is 1. The van der Waals surface area contributed by atoms with E-state index in [-0.39, 0.29) is 31.0 Å². The van der Waals surface area contributed by atoms with Gasteiger partial charge in [0.1, 0.15) is 17.5 Å². The van der Waals surface area contributed by atoms with Crippen LogP contribution in [0.4, 0.5) is 0 Å². The number of hydrogen-bond acceptors (Lipinski definition) is 4. The van der Waals surface area contributed by atoms with E-state index < -0.39 is 6.04 Å². The highest BCUT2D eigenvalue weighted by atomic mass is 35.5. The lowest BCUT2D eigenvalue weighted by Crippen LogP contribution is -2.50. The van der Waals surface area contributed by atoms with Crippen molar-refractivity contribution < 1.29 is 19.1 Å². The number of nitrogens with one attached hydrogen (secondary N) is 1. The molecule has 0 bridgehead atoms. The van der Waals surface area contributed by atoms with Gasteiger partial charge in [-0.1, -0.05) is 42.3 Å². The van der Waals surface area contributed by atoms with E-state index in [1.165, 1.54) is 4.90 Å². The number of nitrogens with zero attached hydrogens (tertiary/aromatic N) is 1. The van der Waals surface area contributed by atoms with Crippen molar-refractivity contribution in [3.8, 4) is 11.5 Å². The molecule has 0 aromatic heterocycles. The molecule has 2 aromatic carbocycles. The van der Waals surface area contributed by atoms with Crippen LogP contribution in [0.25, 0.3) is 0 Å². The van der Waals surface area contributed by atoms with Crippen LogP contribution in [-0.2, 0) is 16.1 Å². The Morgan fingerprint density at radius 1 is 1.13 bits per heavy atom. The van der Waals surface area contributed by atoms with Crippen LogP contribution < -0.4 is 14.8 Å². The molecule has 0 heterocycles. The van der Waals surface area contributed by atoms with Crippen molar-refractivity contribution in [2.24, 2.45) is 0 Å². The van der Waals surface area contributed by atoms with Gasteiger partial charge in [0.2, 0.25) is 5.91 Å².